The lowest BCUT2D eigenvalue weighted by Gasteiger charge is -2.04. The highest BCUT2D eigenvalue weighted by Crippen LogP contribution is 2.25. The Kier molecular flexibility index (Phi) is 6.35. The fourth-order valence-electron chi connectivity index (χ4n) is 1.45. The van der Waals surface area contributed by atoms with Gasteiger partial charge in [-0.15, -0.1) is 11.3 Å². The van der Waals surface area contributed by atoms with Crippen molar-refractivity contribution in [3.8, 4) is 0 Å². The Bertz CT molecular complexity index is 574. The van der Waals surface area contributed by atoms with Crippen LogP contribution in [-0.2, 0) is 5.75 Å². The Balaban J connectivity index is 1.65. The molecule has 1 N–H and O–H groups in total. The largest absolute Gasteiger partial charge is 0.351 e. The predicted molar refractivity (Wildman–Crippen MR) is 89.8 cm³/mol. The summed E-state index contributed by atoms with van der Waals surface area (Å²) in [4.78, 5) is 17.0. The summed E-state index contributed by atoms with van der Waals surface area (Å²) in [5, 5.41) is 3.25. The number of thiophene rings is 1. The first-order chi connectivity index (χ1) is 9.65. The lowest BCUT2D eigenvalue weighted by molar-refractivity contribution is 0.0956. The predicted octanol–water partition coefficient (Wildman–Crippen LogP) is 4.22. The van der Waals surface area contributed by atoms with Crippen LogP contribution in [0.15, 0.2) is 34.2 Å². The third kappa shape index (κ3) is 5.09. The minimum atomic E-state index is -0.117. The summed E-state index contributed by atoms with van der Waals surface area (Å²) in [6.07, 6.45) is 1.48. The fourth-order valence-corrected chi connectivity index (χ4v) is 4.02. The first kappa shape index (κ1) is 15.8. The van der Waals surface area contributed by atoms with E-state index in [4.69, 9.17) is 11.6 Å². The molecule has 0 spiro atoms. The molecule has 0 saturated heterocycles. The van der Waals surface area contributed by atoms with Gasteiger partial charge >= 0.3 is 0 Å². The molecule has 0 radical (unpaired) electrons. The van der Waals surface area contributed by atoms with E-state index in [9.17, 15) is 4.79 Å². The van der Waals surface area contributed by atoms with E-state index in [1.807, 2.05) is 0 Å². The number of aromatic nitrogens is 1. The van der Waals surface area contributed by atoms with Crippen molar-refractivity contribution in [2.75, 3.05) is 12.3 Å². The van der Waals surface area contributed by atoms with Gasteiger partial charge in [-0.25, -0.2) is 4.98 Å². The number of hydrogen-bond acceptors (Lipinski definition) is 4. The molecule has 2 heterocycles. The van der Waals surface area contributed by atoms with E-state index < -0.39 is 0 Å². The molecule has 0 bridgehead atoms. The van der Waals surface area contributed by atoms with E-state index in [0.29, 0.717) is 17.3 Å². The molecule has 1 amide bonds. The Hall–Kier alpha value is -0.560. The van der Waals surface area contributed by atoms with E-state index >= 15 is 0 Å². The number of halogens is 2. The molecule has 0 unspecified atom stereocenters. The van der Waals surface area contributed by atoms with Crippen molar-refractivity contribution >= 4 is 56.5 Å². The standard InChI is InChI=1S/C13H12BrClN2OS2/c14-11-3-2-10(20-11)8-19-6-5-16-13(18)9-1-4-12(15)17-7-9/h1-4,7H,5-6,8H2,(H,16,18). The SMILES string of the molecule is O=C(NCCSCc1ccc(Br)s1)c1ccc(Cl)nc1. The maximum atomic E-state index is 11.8. The van der Waals surface area contributed by atoms with E-state index in [-0.39, 0.29) is 5.91 Å². The second-order valence-corrected chi connectivity index (χ2v) is 7.92. The van der Waals surface area contributed by atoms with Crippen molar-refractivity contribution < 1.29 is 4.79 Å². The zero-order valence-electron chi connectivity index (χ0n) is 10.4. The Morgan fingerprint density at radius 2 is 2.25 bits per heavy atom. The van der Waals surface area contributed by atoms with E-state index in [1.165, 1.54) is 11.1 Å². The topological polar surface area (TPSA) is 42.0 Å². The van der Waals surface area contributed by atoms with Crippen molar-refractivity contribution in [1.29, 1.82) is 0 Å². The van der Waals surface area contributed by atoms with Gasteiger partial charge in [0, 0.05) is 29.1 Å². The monoisotopic (exact) mass is 390 g/mol. The molecule has 2 aromatic rings. The lowest BCUT2D eigenvalue weighted by atomic mass is 10.3. The fraction of sp³-hybridized carbons (Fsp3) is 0.231. The molecule has 0 atom stereocenters. The van der Waals surface area contributed by atoms with Gasteiger partial charge in [-0.1, -0.05) is 11.6 Å². The number of pyridine rings is 1. The molecule has 0 aromatic carbocycles. The van der Waals surface area contributed by atoms with Crippen LogP contribution in [0.3, 0.4) is 0 Å². The molecule has 3 nitrogen and oxygen atoms in total. The molecule has 2 rings (SSSR count). The van der Waals surface area contributed by atoms with Crippen molar-refractivity contribution in [3.05, 3.63) is 49.8 Å². The summed E-state index contributed by atoms with van der Waals surface area (Å²) in [6.45, 7) is 0.638. The molecule has 7 heteroatoms. The van der Waals surface area contributed by atoms with Gasteiger partial charge in [-0.3, -0.25) is 4.79 Å². The molecular formula is C13H12BrClN2OS2. The molecule has 2 aromatic heterocycles. The van der Waals surface area contributed by atoms with Crippen LogP contribution < -0.4 is 5.32 Å². The smallest absolute Gasteiger partial charge is 0.252 e. The molecule has 0 aliphatic heterocycles. The Morgan fingerprint density at radius 3 is 2.90 bits per heavy atom. The van der Waals surface area contributed by atoms with Crippen molar-refractivity contribution in [2.24, 2.45) is 0 Å². The van der Waals surface area contributed by atoms with Crippen LogP contribution in [0, 0.1) is 0 Å². The molecule has 0 aliphatic carbocycles. The van der Waals surface area contributed by atoms with Crippen molar-refractivity contribution in [3.63, 3.8) is 0 Å². The normalized spacial score (nSPS) is 10.5. The highest BCUT2D eigenvalue weighted by molar-refractivity contribution is 9.11. The summed E-state index contributed by atoms with van der Waals surface area (Å²) in [5.41, 5.74) is 0.529. The van der Waals surface area contributed by atoms with Gasteiger partial charge in [0.25, 0.3) is 5.91 Å². The van der Waals surface area contributed by atoms with Crippen LogP contribution in [0.1, 0.15) is 15.2 Å². The van der Waals surface area contributed by atoms with Crippen LogP contribution >= 0.6 is 50.6 Å². The summed E-state index contributed by atoms with van der Waals surface area (Å²) in [5.74, 6) is 1.73. The number of carbonyl (C=O) groups excluding carboxylic acids is 1. The Labute approximate surface area is 139 Å². The number of nitrogens with one attached hydrogen (secondary N) is 1. The van der Waals surface area contributed by atoms with Crippen LogP contribution in [0.25, 0.3) is 0 Å². The van der Waals surface area contributed by atoms with Gasteiger partial charge in [-0.2, -0.15) is 11.8 Å². The highest BCUT2D eigenvalue weighted by atomic mass is 79.9. The third-order valence-corrected chi connectivity index (χ3v) is 5.43. The van der Waals surface area contributed by atoms with Gasteiger partial charge in [-0.05, 0) is 40.2 Å². The molecule has 0 fully saturated rings. The van der Waals surface area contributed by atoms with Crippen LogP contribution in [0.2, 0.25) is 5.15 Å². The second kappa shape index (κ2) is 8.02. The summed E-state index contributed by atoms with van der Waals surface area (Å²) in [7, 11) is 0. The molecule has 0 saturated carbocycles. The first-order valence-electron chi connectivity index (χ1n) is 5.87. The summed E-state index contributed by atoms with van der Waals surface area (Å²) in [6, 6.07) is 7.44. The average Bonchev–Trinajstić information content (AvgIpc) is 2.84. The quantitative estimate of drug-likeness (QED) is 0.592. The highest BCUT2D eigenvalue weighted by Gasteiger charge is 2.05. The molecule has 20 heavy (non-hydrogen) atoms. The zero-order chi connectivity index (χ0) is 14.4. The molecule has 0 aliphatic rings. The summed E-state index contributed by atoms with van der Waals surface area (Å²) < 4.78 is 1.15. The van der Waals surface area contributed by atoms with Gasteiger partial charge < -0.3 is 5.32 Å². The van der Waals surface area contributed by atoms with Crippen LogP contribution in [0.4, 0.5) is 0 Å². The van der Waals surface area contributed by atoms with E-state index in [2.05, 4.69) is 38.4 Å². The lowest BCUT2D eigenvalue weighted by Crippen LogP contribution is -2.25. The summed E-state index contributed by atoms with van der Waals surface area (Å²) >= 11 is 12.7. The van der Waals surface area contributed by atoms with E-state index in [0.717, 1.165) is 15.3 Å². The van der Waals surface area contributed by atoms with Gasteiger partial charge in [0.1, 0.15) is 5.15 Å². The maximum absolute atomic E-state index is 11.8. The minimum Gasteiger partial charge on any atom is -0.351 e. The number of thioether (sulfide) groups is 1. The maximum Gasteiger partial charge on any atom is 0.252 e. The van der Waals surface area contributed by atoms with Crippen LogP contribution in [0.5, 0.6) is 0 Å². The average molecular weight is 392 g/mol. The Morgan fingerprint density at radius 1 is 1.40 bits per heavy atom. The van der Waals surface area contributed by atoms with Crippen molar-refractivity contribution in [1.82, 2.24) is 10.3 Å². The number of nitrogens with zero attached hydrogens (tertiary/aromatic N) is 1. The second-order valence-electron chi connectivity index (χ2n) is 3.88. The van der Waals surface area contributed by atoms with Gasteiger partial charge in [0.2, 0.25) is 0 Å². The van der Waals surface area contributed by atoms with Crippen molar-refractivity contribution in [2.45, 2.75) is 5.75 Å². The van der Waals surface area contributed by atoms with Gasteiger partial charge in [0.15, 0.2) is 0 Å². The van der Waals surface area contributed by atoms with Gasteiger partial charge in [0.05, 0.1) is 9.35 Å². The number of hydrogen-bond donors (Lipinski definition) is 1. The number of carbonyl (C=O) groups is 1. The zero-order valence-corrected chi connectivity index (χ0v) is 14.4. The minimum absolute atomic E-state index is 0.117. The molecule has 106 valence electrons. The molecular weight excluding hydrogens is 380 g/mol. The number of rotatable bonds is 6. The van der Waals surface area contributed by atoms with E-state index in [1.54, 1.807) is 35.2 Å². The third-order valence-electron chi connectivity index (χ3n) is 2.39. The first-order valence-corrected chi connectivity index (χ1v) is 9.01. The number of amides is 1. The van der Waals surface area contributed by atoms with Crippen LogP contribution in [-0.4, -0.2) is 23.2 Å².